The molecule has 0 aromatic carbocycles. The van der Waals surface area contributed by atoms with E-state index in [1.54, 1.807) is 0 Å². The molecule has 0 aliphatic rings. The van der Waals surface area contributed by atoms with Crippen LogP contribution in [0.5, 0.6) is 0 Å². The van der Waals surface area contributed by atoms with Crippen LogP contribution in [0.2, 0.25) is 0 Å². The van der Waals surface area contributed by atoms with Crippen LogP contribution < -0.4 is 0 Å². The Balaban J connectivity index is 5.20. The Morgan fingerprint density at radius 2 is 0.451 bits per heavy atom. The summed E-state index contributed by atoms with van der Waals surface area (Å²) in [6, 6.07) is 0. The first-order chi connectivity index (χ1) is 49.4. The minimum absolute atomic E-state index is 0.107. The van der Waals surface area contributed by atoms with Crippen molar-refractivity contribution in [3.63, 3.8) is 0 Å². The first kappa shape index (κ1) is 100. The predicted octanol–water partition coefficient (Wildman–Crippen LogP) is 25.1. The van der Waals surface area contributed by atoms with E-state index in [-0.39, 0.29) is 25.7 Å². The molecular weight excluding hydrogens is 1330 g/mol. The maximum absolute atomic E-state index is 13.1. The van der Waals surface area contributed by atoms with Gasteiger partial charge in [-0.1, -0.05) is 388 Å². The smallest absolute Gasteiger partial charge is 0.462 e. The Morgan fingerprint density at radius 3 is 0.667 bits per heavy atom. The van der Waals surface area contributed by atoms with Crippen molar-refractivity contribution in [1.29, 1.82) is 0 Å². The van der Waals surface area contributed by atoms with Gasteiger partial charge in [-0.25, -0.2) is 9.13 Å². The minimum atomic E-state index is -4.96. The van der Waals surface area contributed by atoms with Crippen molar-refractivity contribution in [2.24, 2.45) is 11.8 Å². The van der Waals surface area contributed by atoms with Crippen LogP contribution in [0, 0.1) is 11.8 Å². The Labute approximate surface area is 626 Å². The van der Waals surface area contributed by atoms with Crippen LogP contribution in [0.3, 0.4) is 0 Å². The Bertz CT molecular complexity index is 1960. The molecule has 606 valence electrons. The Morgan fingerprint density at radius 1 is 0.265 bits per heavy atom. The van der Waals surface area contributed by atoms with E-state index in [1.165, 1.54) is 250 Å². The number of carbonyl (C=O) groups excluding carboxylic acids is 4. The topological polar surface area (TPSA) is 237 Å². The van der Waals surface area contributed by atoms with Crippen molar-refractivity contribution in [3.8, 4) is 0 Å². The Hall–Kier alpha value is -1.94. The van der Waals surface area contributed by atoms with E-state index in [9.17, 15) is 43.2 Å². The molecule has 0 saturated heterocycles. The van der Waals surface area contributed by atoms with E-state index >= 15 is 0 Å². The van der Waals surface area contributed by atoms with Gasteiger partial charge in [0.15, 0.2) is 12.2 Å². The quantitative estimate of drug-likeness (QED) is 0.0222. The fourth-order valence-electron chi connectivity index (χ4n) is 12.9. The van der Waals surface area contributed by atoms with Crippen LogP contribution in [-0.4, -0.2) is 96.7 Å². The van der Waals surface area contributed by atoms with Gasteiger partial charge in [0.1, 0.15) is 19.3 Å². The average Bonchev–Trinajstić information content (AvgIpc) is 0.909. The van der Waals surface area contributed by atoms with Crippen molar-refractivity contribution < 1.29 is 80.2 Å². The molecule has 0 fully saturated rings. The van der Waals surface area contributed by atoms with Crippen LogP contribution in [0.4, 0.5) is 0 Å². The van der Waals surface area contributed by atoms with Crippen molar-refractivity contribution >= 4 is 39.5 Å². The molecule has 19 heteroatoms. The van der Waals surface area contributed by atoms with Gasteiger partial charge >= 0.3 is 39.5 Å². The van der Waals surface area contributed by atoms with Gasteiger partial charge < -0.3 is 33.8 Å². The van der Waals surface area contributed by atoms with Gasteiger partial charge in [0.25, 0.3) is 0 Å². The summed E-state index contributed by atoms with van der Waals surface area (Å²) in [6.45, 7) is 9.58. The number of aliphatic hydroxyl groups is 1. The molecule has 0 rings (SSSR count). The molecule has 0 aliphatic heterocycles. The number of aliphatic hydroxyl groups excluding tert-OH is 1. The number of ether oxygens (including phenoxy) is 4. The monoisotopic (exact) mass is 1490 g/mol. The van der Waals surface area contributed by atoms with Crippen LogP contribution in [-0.2, 0) is 65.4 Å². The fourth-order valence-corrected chi connectivity index (χ4v) is 14.5. The molecule has 0 radical (unpaired) electrons. The molecule has 0 saturated carbocycles. The molecule has 0 aromatic heterocycles. The standard InChI is InChI=1S/C83H162O17P2/c1-7-9-11-13-15-17-19-21-23-24-25-26-27-28-29-31-35-40-44-48-56-62-67-82(87)99-78(71-93-80(85)65-59-53-46-42-38-36-32-33-37-41-45-51-57-63-75(3)4)73-97-101(89,90)95-69-77(84)70-96-102(91,92)98-74-79(72-94-81(86)66-60-54-50-49-52-58-64-76(5)6)100-83(88)68-61-55-47-43-39-34-30-22-20-18-16-14-12-10-8-2/h75-79,84H,7-74H2,1-6H3,(H,89,90)(H,91,92)/t77-,78-,79-/m1/s1. The van der Waals surface area contributed by atoms with Crippen LogP contribution in [0.15, 0.2) is 0 Å². The van der Waals surface area contributed by atoms with Crippen molar-refractivity contribution in [2.75, 3.05) is 39.6 Å². The molecular formula is C83H162O17P2. The maximum atomic E-state index is 13.1. The molecule has 2 unspecified atom stereocenters. The van der Waals surface area contributed by atoms with E-state index in [2.05, 4.69) is 41.5 Å². The second-order valence-electron chi connectivity index (χ2n) is 30.8. The zero-order valence-electron chi connectivity index (χ0n) is 66.9. The molecule has 17 nitrogen and oxygen atoms in total. The number of phosphoric acid groups is 2. The largest absolute Gasteiger partial charge is 0.472 e. The van der Waals surface area contributed by atoms with E-state index in [4.69, 9.17) is 37.0 Å². The van der Waals surface area contributed by atoms with Gasteiger partial charge in [-0.2, -0.15) is 0 Å². The van der Waals surface area contributed by atoms with Gasteiger partial charge in [0.2, 0.25) is 0 Å². The molecule has 0 aliphatic carbocycles. The van der Waals surface area contributed by atoms with Gasteiger partial charge in [-0.3, -0.25) is 37.3 Å². The summed E-state index contributed by atoms with van der Waals surface area (Å²) >= 11 is 0. The molecule has 0 amide bonds. The number of unbranched alkanes of at least 4 members (excludes halogenated alkanes) is 52. The highest BCUT2D eigenvalue weighted by Gasteiger charge is 2.30. The summed E-state index contributed by atoms with van der Waals surface area (Å²) < 4.78 is 68.7. The minimum Gasteiger partial charge on any atom is -0.462 e. The summed E-state index contributed by atoms with van der Waals surface area (Å²) in [5.41, 5.74) is 0. The van der Waals surface area contributed by atoms with Gasteiger partial charge in [0.05, 0.1) is 26.4 Å². The predicted molar refractivity (Wildman–Crippen MR) is 418 cm³/mol. The fraction of sp³-hybridized carbons (Fsp3) is 0.952. The molecule has 0 heterocycles. The lowest BCUT2D eigenvalue weighted by atomic mass is 10.0. The first-order valence-corrected chi connectivity index (χ1v) is 46.0. The first-order valence-electron chi connectivity index (χ1n) is 43.0. The summed E-state index contributed by atoms with van der Waals surface area (Å²) in [4.78, 5) is 73.0. The molecule has 0 aromatic rings. The average molecular weight is 1490 g/mol. The number of hydrogen-bond acceptors (Lipinski definition) is 15. The highest BCUT2D eigenvalue weighted by Crippen LogP contribution is 2.45. The van der Waals surface area contributed by atoms with Gasteiger partial charge in [-0.05, 0) is 37.5 Å². The third kappa shape index (κ3) is 76.3. The van der Waals surface area contributed by atoms with Gasteiger partial charge in [0, 0.05) is 25.7 Å². The number of hydrogen-bond donors (Lipinski definition) is 3. The zero-order valence-corrected chi connectivity index (χ0v) is 68.7. The second kappa shape index (κ2) is 74.5. The molecule has 102 heavy (non-hydrogen) atoms. The van der Waals surface area contributed by atoms with Crippen LogP contribution in [0.25, 0.3) is 0 Å². The maximum Gasteiger partial charge on any atom is 0.472 e. The number of esters is 4. The lowest BCUT2D eigenvalue weighted by Gasteiger charge is -2.21. The summed E-state index contributed by atoms with van der Waals surface area (Å²) in [5.74, 6) is -0.638. The summed E-state index contributed by atoms with van der Waals surface area (Å²) in [5, 5.41) is 10.6. The molecule has 0 bridgehead atoms. The van der Waals surface area contributed by atoms with E-state index in [0.29, 0.717) is 31.6 Å². The number of rotatable bonds is 82. The Kier molecular flexibility index (Phi) is 73.1. The van der Waals surface area contributed by atoms with E-state index < -0.39 is 97.5 Å². The number of phosphoric ester groups is 2. The lowest BCUT2D eigenvalue weighted by molar-refractivity contribution is -0.161. The van der Waals surface area contributed by atoms with E-state index in [0.717, 1.165) is 102 Å². The van der Waals surface area contributed by atoms with Gasteiger partial charge in [-0.15, -0.1) is 0 Å². The third-order valence-corrected chi connectivity index (χ3v) is 21.4. The highest BCUT2D eigenvalue weighted by atomic mass is 31.2. The zero-order chi connectivity index (χ0) is 74.9. The molecule has 5 atom stereocenters. The van der Waals surface area contributed by atoms with Crippen molar-refractivity contribution in [3.05, 3.63) is 0 Å². The summed E-state index contributed by atoms with van der Waals surface area (Å²) in [7, 11) is -9.92. The molecule has 0 spiro atoms. The summed E-state index contributed by atoms with van der Waals surface area (Å²) in [6.07, 6.45) is 65.5. The van der Waals surface area contributed by atoms with Crippen LogP contribution in [0.1, 0.15) is 440 Å². The van der Waals surface area contributed by atoms with Crippen molar-refractivity contribution in [1.82, 2.24) is 0 Å². The third-order valence-electron chi connectivity index (χ3n) is 19.5. The second-order valence-corrected chi connectivity index (χ2v) is 33.7. The normalized spacial score (nSPS) is 13.9. The lowest BCUT2D eigenvalue weighted by Crippen LogP contribution is -2.30. The van der Waals surface area contributed by atoms with Crippen LogP contribution >= 0.6 is 15.6 Å². The van der Waals surface area contributed by atoms with E-state index in [1.807, 2.05) is 0 Å². The number of carbonyl (C=O) groups is 4. The molecule has 3 N–H and O–H groups in total. The SMILES string of the molecule is CCCCCCCCCCCCCCCCCCCCCCCCC(=O)O[C@H](COC(=O)CCCCCCCCCCCCCCCC(C)C)COP(=O)(O)OC[C@@H](O)COP(=O)(O)OC[C@@H](COC(=O)CCCCCCCCC(C)C)OC(=O)CCCCCCCCCCCCCCCCC. The highest BCUT2D eigenvalue weighted by molar-refractivity contribution is 7.47. The van der Waals surface area contributed by atoms with Crippen molar-refractivity contribution in [2.45, 2.75) is 458 Å².